The third-order valence-corrected chi connectivity index (χ3v) is 3.78. The number of hydrogen-bond acceptors (Lipinski definition) is 3. The summed E-state index contributed by atoms with van der Waals surface area (Å²) < 4.78 is 1.88. The molecule has 1 aromatic rings. The van der Waals surface area contributed by atoms with Gasteiger partial charge in [-0.25, -0.2) is 4.99 Å². The van der Waals surface area contributed by atoms with Gasteiger partial charge in [0.05, 0.1) is 12.2 Å². The average molecular weight is 336 g/mol. The maximum Gasteiger partial charge on any atom is 0.225 e. The predicted octanol–water partition coefficient (Wildman–Crippen LogP) is 1.25. The molecular weight excluding hydrogens is 304 g/mol. The molecular formula is C17H32N6O. The molecule has 1 heterocycles. The molecule has 0 saturated heterocycles. The van der Waals surface area contributed by atoms with Gasteiger partial charge in [0.25, 0.3) is 0 Å². The fraction of sp³-hybridized carbons (Fsp3) is 0.706. The quantitative estimate of drug-likeness (QED) is 0.415. The largest absolute Gasteiger partial charge is 0.357 e. The molecule has 136 valence electrons. The van der Waals surface area contributed by atoms with Gasteiger partial charge in [-0.1, -0.05) is 20.8 Å². The maximum atomic E-state index is 11.8. The molecule has 7 nitrogen and oxygen atoms in total. The zero-order valence-electron chi connectivity index (χ0n) is 16.1. The number of hydrogen-bond donors (Lipinski definition) is 3. The van der Waals surface area contributed by atoms with Gasteiger partial charge in [-0.15, -0.1) is 0 Å². The summed E-state index contributed by atoms with van der Waals surface area (Å²) in [5, 5.41) is 13.8. The Labute approximate surface area is 145 Å². The first-order valence-electron chi connectivity index (χ1n) is 8.46. The van der Waals surface area contributed by atoms with E-state index >= 15 is 0 Å². The van der Waals surface area contributed by atoms with Gasteiger partial charge in [0.15, 0.2) is 5.96 Å². The number of guanidine groups is 1. The lowest BCUT2D eigenvalue weighted by Crippen LogP contribution is -2.43. The van der Waals surface area contributed by atoms with Crippen LogP contribution in [0, 0.1) is 19.3 Å². The topological polar surface area (TPSA) is 83.3 Å². The Morgan fingerprint density at radius 3 is 2.29 bits per heavy atom. The van der Waals surface area contributed by atoms with Crippen molar-refractivity contribution >= 4 is 11.9 Å². The SMILES string of the molecule is CCNC(=NCc1c(C)nn(C)c1C)NCCNC(=O)C(C)(C)C. The Morgan fingerprint density at radius 1 is 1.17 bits per heavy atom. The van der Waals surface area contributed by atoms with E-state index in [1.165, 1.54) is 0 Å². The monoisotopic (exact) mass is 336 g/mol. The highest BCUT2D eigenvalue weighted by Crippen LogP contribution is 2.13. The van der Waals surface area contributed by atoms with Gasteiger partial charge in [0.1, 0.15) is 0 Å². The minimum atomic E-state index is -0.367. The smallest absolute Gasteiger partial charge is 0.225 e. The number of aromatic nitrogens is 2. The molecule has 0 aliphatic rings. The molecule has 7 heteroatoms. The van der Waals surface area contributed by atoms with E-state index in [1.54, 1.807) is 0 Å². The van der Waals surface area contributed by atoms with Gasteiger partial charge in [-0.05, 0) is 20.8 Å². The van der Waals surface area contributed by atoms with Crippen molar-refractivity contribution in [2.24, 2.45) is 17.5 Å². The van der Waals surface area contributed by atoms with Crippen molar-refractivity contribution in [1.29, 1.82) is 0 Å². The minimum Gasteiger partial charge on any atom is -0.357 e. The zero-order chi connectivity index (χ0) is 18.3. The summed E-state index contributed by atoms with van der Waals surface area (Å²) >= 11 is 0. The van der Waals surface area contributed by atoms with E-state index in [0.717, 1.165) is 29.5 Å². The van der Waals surface area contributed by atoms with Crippen LogP contribution in [0.2, 0.25) is 0 Å². The summed E-state index contributed by atoms with van der Waals surface area (Å²) in [6.07, 6.45) is 0. The normalized spacial score (nSPS) is 12.2. The second kappa shape index (κ2) is 8.70. The molecule has 0 spiro atoms. The Kier molecular flexibility index (Phi) is 7.25. The predicted molar refractivity (Wildman–Crippen MR) is 98.0 cm³/mol. The van der Waals surface area contributed by atoms with E-state index in [-0.39, 0.29) is 11.3 Å². The Balaban J connectivity index is 2.56. The van der Waals surface area contributed by atoms with Crippen LogP contribution in [0.25, 0.3) is 0 Å². The van der Waals surface area contributed by atoms with Crippen molar-refractivity contribution in [2.75, 3.05) is 19.6 Å². The number of nitrogens with one attached hydrogen (secondary N) is 3. The summed E-state index contributed by atoms with van der Waals surface area (Å²) in [4.78, 5) is 16.4. The van der Waals surface area contributed by atoms with E-state index in [0.29, 0.717) is 19.6 Å². The Bertz CT molecular complexity index is 583. The fourth-order valence-corrected chi connectivity index (χ4v) is 2.17. The van der Waals surface area contributed by atoms with Gasteiger partial charge >= 0.3 is 0 Å². The van der Waals surface area contributed by atoms with Crippen LogP contribution in [0.3, 0.4) is 0 Å². The number of aryl methyl sites for hydroxylation is 2. The molecule has 0 radical (unpaired) electrons. The van der Waals surface area contributed by atoms with Crippen molar-refractivity contribution in [1.82, 2.24) is 25.7 Å². The van der Waals surface area contributed by atoms with E-state index in [9.17, 15) is 4.79 Å². The van der Waals surface area contributed by atoms with E-state index in [1.807, 2.05) is 53.3 Å². The number of carbonyl (C=O) groups excluding carboxylic acids is 1. The minimum absolute atomic E-state index is 0.0489. The summed E-state index contributed by atoms with van der Waals surface area (Å²) in [6.45, 7) is 14.3. The van der Waals surface area contributed by atoms with Gasteiger partial charge < -0.3 is 16.0 Å². The van der Waals surface area contributed by atoms with Crippen LogP contribution in [-0.2, 0) is 18.4 Å². The zero-order valence-corrected chi connectivity index (χ0v) is 16.1. The third-order valence-electron chi connectivity index (χ3n) is 3.78. The summed E-state index contributed by atoms with van der Waals surface area (Å²) in [6, 6.07) is 0. The maximum absolute atomic E-state index is 11.8. The van der Waals surface area contributed by atoms with Gasteiger partial charge in [0, 0.05) is 43.4 Å². The van der Waals surface area contributed by atoms with Crippen LogP contribution in [0.4, 0.5) is 0 Å². The van der Waals surface area contributed by atoms with Gasteiger partial charge in [-0.3, -0.25) is 9.48 Å². The summed E-state index contributed by atoms with van der Waals surface area (Å²) in [7, 11) is 1.94. The van der Waals surface area contributed by atoms with Crippen molar-refractivity contribution in [3.05, 3.63) is 17.0 Å². The van der Waals surface area contributed by atoms with Crippen LogP contribution >= 0.6 is 0 Å². The average Bonchev–Trinajstić information content (AvgIpc) is 2.73. The lowest BCUT2D eigenvalue weighted by Gasteiger charge is -2.18. The summed E-state index contributed by atoms with van der Waals surface area (Å²) in [5.74, 6) is 0.790. The number of carbonyl (C=O) groups is 1. The number of rotatable bonds is 6. The van der Waals surface area contributed by atoms with Crippen molar-refractivity contribution in [3.8, 4) is 0 Å². The van der Waals surface area contributed by atoms with Crippen LogP contribution in [0.1, 0.15) is 44.6 Å². The van der Waals surface area contributed by atoms with E-state index in [2.05, 4.69) is 26.0 Å². The number of nitrogens with zero attached hydrogens (tertiary/aromatic N) is 3. The van der Waals surface area contributed by atoms with Crippen LogP contribution in [0.15, 0.2) is 4.99 Å². The summed E-state index contributed by atoms with van der Waals surface area (Å²) in [5.41, 5.74) is 2.92. The molecule has 0 unspecified atom stereocenters. The lowest BCUT2D eigenvalue weighted by atomic mass is 9.96. The van der Waals surface area contributed by atoms with Crippen LogP contribution in [0.5, 0.6) is 0 Å². The molecule has 0 saturated carbocycles. The molecule has 0 fully saturated rings. The molecule has 1 rings (SSSR count). The second-order valence-electron chi connectivity index (χ2n) is 6.90. The standard InChI is InChI=1S/C17H32N6O/c1-8-18-16(20-10-9-19-15(24)17(4,5)6)21-11-14-12(2)22-23(7)13(14)3/h8-11H2,1-7H3,(H,19,24)(H2,18,20,21). The van der Waals surface area contributed by atoms with E-state index < -0.39 is 0 Å². The molecule has 1 aromatic heterocycles. The number of amides is 1. The first-order valence-corrected chi connectivity index (χ1v) is 8.46. The molecule has 0 aromatic carbocycles. The molecule has 0 aliphatic heterocycles. The van der Waals surface area contributed by atoms with E-state index in [4.69, 9.17) is 0 Å². The first kappa shape index (κ1) is 20.0. The van der Waals surface area contributed by atoms with Gasteiger partial charge in [0.2, 0.25) is 5.91 Å². The van der Waals surface area contributed by atoms with Crippen molar-refractivity contribution in [3.63, 3.8) is 0 Å². The second-order valence-corrected chi connectivity index (χ2v) is 6.90. The van der Waals surface area contributed by atoms with Crippen LogP contribution in [-0.4, -0.2) is 41.3 Å². The van der Waals surface area contributed by atoms with Crippen molar-refractivity contribution < 1.29 is 4.79 Å². The fourth-order valence-electron chi connectivity index (χ4n) is 2.17. The Morgan fingerprint density at radius 2 is 1.79 bits per heavy atom. The highest BCUT2D eigenvalue weighted by atomic mass is 16.2. The first-order chi connectivity index (χ1) is 11.2. The third kappa shape index (κ3) is 5.86. The Hall–Kier alpha value is -2.05. The molecule has 0 bridgehead atoms. The lowest BCUT2D eigenvalue weighted by molar-refractivity contribution is -0.128. The molecule has 1 amide bonds. The van der Waals surface area contributed by atoms with Gasteiger partial charge in [-0.2, -0.15) is 5.10 Å². The number of aliphatic imine (C=N–C) groups is 1. The van der Waals surface area contributed by atoms with Crippen LogP contribution < -0.4 is 16.0 Å². The molecule has 24 heavy (non-hydrogen) atoms. The molecule has 0 aliphatic carbocycles. The highest BCUT2D eigenvalue weighted by molar-refractivity contribution is 5.81. The van der Waals surface area contributed by atoms with Crippen molar-refractivity contribution in [2.45, 2.75) is 48.1 Å². The molecule has 3 N–H and O–H groups in total. The molecule has 0 atom stereocenters. The highest BCUT2D eigenvalue weighted by Gasteiger charge is 2.20.